The minimum Gasteiger partial charge on any atom is -0.504 e. The van der Waals surface area contributed by atoms with E-state index < -0.39 is 11.1 Å². The number of amides is 2. The van der Waals surface area contributed by atoms with Crippen molar-refractivity contribution in [3.63, 3.8) is 0 Å². The number of imide groups is 1. The fourth-order valence-electron chi connectivity index (χ4n) is 2.40. The van der Waals surface area contributed by atoms with E-state index in [-0.39, 0.29) is 10.7 Å². The zero-order valence-corrected chi connectivity index (χ0v) is 17.3. The van der Waals surface area contributed by atoms with Gasteiger partial charge in [0.1, 0.15) is 0 Å². The van der Waals surface area contributed by atoms with Gasteiger partial charge in [-0.15, -0.1) is 0 Å². The van der Waals surface area contributed by atoms with E-state index in [1.165, 1.54) is 0 Å². The molecular formula is C18H13ClINO4S. The van der Waals surface area contributed by atoms with Crippen LogP contribution >= 0.6 is 46.0 Å². The first-order valence-electron chi connectivity index (χ1n) is 7.60. The number of hydrogen-bond donors (Lipinski definition) is 1. The van der Waals surface area contributed by atoms with E-state index >= 15 is 0 Å². The number of hydrogen-bond acceptors (Lipinski definition) is 5. The van der Waals surface area contributed by atoms with Crippen LogP contribution in [0.25, 0.3) is 6.08 Å². The van der Waals surface area contributed by atoms with Crippen LogP contribution in [-0.2, 0) is 4.79 Å². The second-order valence-electron chi connectivity index (χ2n) is 5.25. The molecule has 0 aliphatic carbocycles. The summed E-state index contributed by atoms with van der Waals surface area (Å²) in [6.07, 6.45) is 1.60. The fourth-order valence-corrected chi connectivity index (χ4v) is 4.08. The van der Waals surface area contributed by atoms with Gasteiger partial charge in [-0.05, 0) is 77.2 Å². The van der Waals surface area contributed by atoms with Crippen LogP contribution in [0.1, 0.15) is 12.5 Å². The van der Waals surface area contributed by atoms with E-state index in [1.807, 2.05) is 29.5 Å². The van der Waals surface area contributed by atoms with E-state index in [4.69, 9.17) is 16.3 Å². The van der Waals surface area contributed by atoms with Crippen molar-refractivity contribution in [2.24, 2.45) is 0 Å². The summed E-state index contributed by atoms with van der Waals surface area (Å²) in [6, 6.07) is 10.0. The van der Waals surface area contributed by atoms with E-state index in [1.54, 1.807) is 42.5 Å². The van der Waals surface area contributed by atoms with Gasteiger partial charge < -0.3 is 9.84 Å². The highest BCUT2D eigenvalue weighted by molar-refractivity contribution is 14.1. The first kappa shape index (κ1) is 19.1. The maximum atomic E-state index is 12.7. The number of nitrogens with zero attached hydrogens (tertiary/aromatic N) is 1. The number of thioether (sulfide) groups is 1. The van der Waals surface area contributed by atoms with Gasteiger partial charge in [0.05, 0.1) is 25.8 Å². The molecular weight excluding hydrogens is 489 g/mol. The van der Waals surface area contributed by atoms with Crippen molar-refractivity contribution in [3.05, 3.63) is 55.5 Å². The maximum absolute atomic E-state index is 12.7. The summed E-state index contributed by atoms with van der Waals surface area (Å²) in [6.45, 7) is 2.21. The zero-order chi connectivity index (χ0) is 18.8. The lowest BCUT2D eigenvalue weighted by Crippen LogP contribution is -2.27. The third-order valence-corrected chi connectivity index (χ3v) is 5.55. The van der Waals surface area contributed by atoms with Crippen molar-refractivity contribution in [3.8, 4) is 11.5 Å². The second kappa shape index (κ2) is 7.89. The first-order valence-corrected chi connectivity index (χ1v) is 9.87. The molecule has 1 N–H and O–H groups in total. The summed E-state index contributed by atoms with van der Waals surface area (Å²) in [4.78, 5) is 26.4. The number of rotatable bonds is 4. The summed E-state index contributed by atoms with van der Waals surface area (Å²) >= 11 is 8.94. The number of halogens is 2. The van der Waals surface area contributed by atoms with Crippen LogP contribution in [0.5, 0.6) is 11.5 Å². The predicted molar refractivity (Wildman–Crippen MR) is 112 cm³/mol. The number of para-hydroxylation sites is 1. The summed E-state index contributed by atoms with van der Waals surface area (Å²) in [5.74, 6) is -0.0566. The van der Waals surface area contributed by atoms with Crippen LogP contribution < -0.4 is 9.64 Å². The molecule has 2 aromatic rings. The smallest absolute Gasteiger partial charge is 0.298 e. The average molecular weight is 502 g/mol. The minimum atomic E-state index is -0.436. The van der Waals surface area contributed by atoms with Crippen molar-refractivity contribution in [1.82, 2.24) is 0 Å². The molecule has 1 aliphatic heterocycles. The van der Waals surface area contributed by atoms with Gasteiger partial charge in [-0.2, -0.15) is 0 Å². The lowest BCUT2D eigenvalue weighted by molar-refractivity contribution is -0.113. The highest BCUT2D eigenvalue weighted by Crippen LogP contribution is 2.39. The third kappa shape index (κ3) is 3.70. The molecule has 8 heteroatoms. The molecule has 0 unspecified atom stereocenters. The quantitative estimate of drug-likeness (QED) is 0.455. The van der Waals surface area contributed by atoms with Crippen LogP contribution in [-0.4, -0.2) is 22.9 Å². The molecule has 0 saturated carbocycles. The van der Waals surface area contributed by atoms with Gasteiger partial charge in [0.25, 0.3) is 11.1 Å². The largest absolute Gasteiger partial charge is 0.504 e. The normalized spacial score (nSPS) is 15.8. The van der Waals surface area contributed by atoms with Crippen LogP contribution in [0.2, 0.25) is 5.02 Å². The number of ether oxygens (including phenoxy) is 1. The molecule has 0 radical (unpaired) electrons. The predicted octanol–water partition coefficient (Wildman–Crippen LogP) is 5.29. The third-order valence-electron chi connectivity index (χ3n) is 3.54. The van der Waals surface area contributed by atoms with Crippen molar-refractivity contribution in [1.29, 1.82) is 0 Å². The van der Waals surface area contributed by atoms with Crippen LogP contribution in [0, 0.1) is 3.57 Å². The first-order chi connectivity index (χ1) is 12.4. The van der Waals surface area contributed by atoms with Crippen molar-refractivity contribution < 1.29 is 19.4 Å². The molecule has 2 aromatic carbocycles. The molecule has 0 bridgehead atoms. The van der Waals surface area contributed by atoms with Crippen molar-refractivity contribution >= 4 is 68.9 Å². The Kier molecular flexibility index (Phi) is 5.79. The summed E-state index contributed by atoms with van der Waals surface area (Å²) < 4.78 is 5.99. The molecule has 3 rings (SSSR count). The van der Waals surface area contributed by atoms with E-state index in [0.717, 1.165) is 16.7 Å². The van der Waals surface area contributed by atoms with E-state index in [9.17, 15) is 14.7 Å². The number of aromatic hydroxyl groups is 1. The Morgan fingerprint density at radius 2 is 2.04 bits per heavy atom. The maximum Gasteiger partial charge on any atom is 0.298 e. The number of benzene rings is 2. The number of phenols is 1. The van der Waals surface area contributed by atoms with Gasteiger partial charge >= 0.3 is 0 Å². The van der Waals surface area contributed by atoms with Crippen LogP contribution in [0.3, 0.4) is 0 Å². The molecule has 1 heterocycles. The molecule has 0 spiro atoms. The minimum absolute atomic E-state index is 0.0498. The molecule has 1 fully saturated rings. The van der Waals surface area contributed by atoms with Gasteiger partial charge in [0.2, 0.25) is 0 Å². The summed E-state index contributed by atoms with van der Waals surface area (Å²) in [5.41, 5.74) is 1.01. The molecule has 134 valence electrons. The Balaban J connectivity index is 1.97. The van der Waals surface area contributed by atoms with Gasteiger partial charge in [-0.25, -0.2) is 4.90 Å². The number of anilines is 1. The Morgan fingerprint density at radius 1 is 1.31 bits per heavy atom. The summed E-state index contributed by atoms with van der Waals surface area (Å²) in [7, 11) is 0. The molecule has 1 saturated heterocycles. The van der Waals surface area contributed by atoms with Gasteiger partial charge in [0.15, 0.2) is 11.5 Å². The lowest BCUT2D eigenvalue weighted by Gasteiger charge is -2.13. The molecule has 5 nitrogen and oxygen atoms in total. The van der Waals surface area contributed by atoms with Gasteiger partial charge in [-0.3, -0.25) is 9.59 Å². The second-order valence-corrected chi connectivity index (χ2v) is 7.81. The number of carbonyl (C=O) groups is 2. The molecule has 26 heavy (non-hydrogen) atoms. The van der Waals surface area contributed by atoms with Crippen LogP contribution in [0.15, 0.2) is 41.3 Å². The highest BCUT2D eigenvalue weighted by Gasteiger charge is 2.37. The monoisotopic (exact) mass is 501 g/mol. The fraction of sp³-hybridized carbons (Fsp3) is 0.111. The number of carbonyl (C=O) groups excluding carboxylic acids is 2. The topological polar surface area (TPSA) is 66.8 Å². The van der Waals surface area contributed by atoms with Gasteiger partial charge in [-0.1, -0.05) is 23.7 Å². The SMILES string of the molecule is CCOc1cc(/C=C2\SC(=O)N(c3ccccc3Cl)C2=O)cc(I)c1O. The molecule has 0 aromatic heterocycles. The van der Waals surface area contributed by atoms with Crippen molar-refractivity contribution in [2.75, 3.05) is 11.5 Å². The van der Waals surface area contributed by atoms with Crippen molar-refractivity contribution in [2.45, 2.75) is 6.92 Å². The van der Waals surface area contributed by atoms with Crippen LogP contribution in [0.4, 0.5) is 10.5 Å². The molecule has 0 atom stereocenters. The highest BCUT2D eigenvalue weighted by atomic mass is 127. The Bertz CT molecular complexity index is 931. The Morgan fingerprint density at radius 3 is 2.73 bits per heavy atom. The molecule has 2 amide bonds. The lowest BCUT2D eigenvalue weighted by atomic mass is 10.2. The average Bonchev–Trinajstić information content (AvgIpc) is 2.87. The number of phenolic OH excluding ortho intramolecular Hbond substituents is 1. The van der Waals surface area contributed by atoms with E-state index in [2.05, 4.69) is 0 Å². The Hall–Kier alpha value is -1.71. The zero-order valence-electron chi connectivity index (χ0n) is 13.5. The standard InChI is InChI=1S/C18H13ClINO4S/c1-2-25-14-8-10(7-12(20)16(14)22)9-15-17(23)21(18(24)26-15)13-6-4-3-5-11(13)19/h3-9,22H,2H2,1H3/b15-9-. The van der Waals surface area contributed by atoms with Gasteiger partial charge in [0, 0.05) is 0 Å². The Labute approximate surface area is 173 Å². The summed E-state index contributed by atoms with van der Waals surface area (Å²) in [5, 5.41) is 9.95. The molecule has 1 aliphatic rings. The van der Waals surface area contributed by atoms with E-state index in [0.29, 0.717) is 32.2 Å².